The number of aromatic nitrogens is 2. The van der Waals surface area contributed by atoms with Crippen molar-refractivity contribution < 1.29 is 8.42 Å². The van der Waals surface area contributed by atoms with Gasteiger partial charge in [-0.1, -0.05) is 6.92 Å². The van der Waals surface area contributed by atoms with E-state index >= 15 is 0 Å². The van der Waals surface area contributed by atoms with Crippen molar-refractivity contribution in [2.45, 2.75) is 51.4 Å². The van der Waals surface area contributed by atoms with E-state index in [0.29, 0.717) is 6.54 Å². The van der Waals surface area contributed by atoms with Crippen molar-refractivity contribution >= 4 is 9.84 Å². The Kier molecular flexibility index (Phi) is 5.15. The molecule has 1 aromatic rings. The Labute approximate surface area is 116 Å². The number of nitrogens with zero attached hydrogens (tertiary/aromatic N) is 2. The normalized spacial score (nSPS) is 14.6. The minimum absolute atomic E-state index is 0.119. The molecule has 1 rings (SSSR count). The molecular weight excluding hydrogens is 262 g/mol. The Morgan fingerprint density at radius 2 is 2.05 bits per heavy atom. The molecule has 1 N–H and O–H groups in total. The molecule has 1 unspecified atom stereocenters. The van der Waals surface area contributed by atoms with Crippen LogP contribution in [0.3, 0.4) is 0 Å². The summed E-state index contributed by atoms with van der Waals surface area (Å²) < 4.78 is 25.0. The molecule has 1 atom stereocenters. The van der Waals surface area contributed by atoms with E-state index in [4.69, 9.17) is 0 Å². The molecule has 0 aliphatic heterocycles. The third-order valence-electron chi connectivity index (χ3n) is 3.33. The van der Waals surface area contributed by atoms with Crippen molar-refractivity contribution in [3.63, 3.8) is 0 Å². The van der Waals surface area contributed by atoms with Crippen molar-refractivity contribution in [1.82, 2.24) is 15.1 Å². The van der Waals surface area contributed by atoms with Crippen molar-refractivity contribution in [3.8, 4) is 0 Å². The van der Waals surface area contributed by atoms with Gasteiger partial charge in [0.1, 0.15) is 0 Å². The Balaban J connectivity index is 2.70. The molecule has 0 aliphatic rings. The average Bonchev–Trinajstić information content (AvgIpc) is 2.75. The highest BCUT2D eigenvalue weighted by Gasteiger charge is 2.28. The zero-order valence-electron chi connectivity index (χ0n) is 12.5. The Hall–Kier alpha value is -0.880. The van der Waals surface area contributed by atoms with Gasteiger partial charge < -0.3 is 5.32 Å². The fraction of sp³-hybridized carbons (Fsp3) is 0.769. The van der Waals surface area contributed by atoms with E-state index in [1.807, 2.05) is 13.2 Å². The fourth-order valence-electron chi connectivity index (χ4n) is 1.81. The number of hydrogen-bond acceptors (Lipinski definition) is 4. The summed E-state index contributed by atoms with van der Waals surface area (Å²) in [5, 5.41) is 7.44. The second kappa shape index (κ2) is 6.05. The number of hydrogen-bond donors (Lipinski definition) is 1. The minimum atomic E-state index is -3.09. The maximum Gasteiger partial charge on any atom is 0.157 e. The maximum absolute atomic E-state index is 12.0. The first-order chi connectivity index (χ1) is 8.71. The van der Waals surface area contributed by atoms with E-state index in [1.54, 1.807) is 31.6 Å². The molecule has 110 valence electrons. The number of sulfone groups is 1. The molecule has 0 saturated carbocycles. The van der Waals surface area contributed by atoms with Crippen LogP contribution >= 0.6 is 0 Å². The maximum atomic E-state index is 12.0. The van der Waals surface area contributed by atoms with Crippen LogP contribution in [0.5, 0.6) is 0 Å². The molecule has 0 fully saturated rings. The summed E-state index contributed by atoms with van der Waals surface area (Å²) in [6.45, 7) is 7.68. The van der Waals surface area contributed by atoms with Crippen LogP contribution in [-0.2, 0) is 16.4 Å². The summed E-state index contributed by atoms with van der Waals surface area (Å²) >= 11 is 0. The quantitative estimate of drug-likeness (QED) is 0.866. The molecule has 5 nitrogen and oxygen atoms in total. The first kappa shape index (κ1) is 16.2. The van der Waals surface area contributed by atoms with Crippen LogP contribution in [-0.4, -0.2) is 35.7 Å². The van der Waals surface area contributed by atoms with Crippen LogP contribution in [0, 0.1) is 0 Å². The SMILES string of the molecule is CCC(NC)c1cnn(CCS(=O)(=O)C(C)(C)C)c1. The first-order valence-electron chi connectivity index (χ1n) is 6.63. The molecule has 0 spiro atoms. The Bertz CT molecular complexity index is 496. The highest BCUT2D eigenvalue weighted by atomic mass is 32.2. The monoisotopic (exact) mass is 287 g/mol. The lowest BCUT2D eigenvalue weighted by molar-refractivity contribution is 0.547. The van der Waals surface area contributed by atoms with Crippen LogP contribution in [0.15, 0.2) is 12.4 Å². The number of rotatable bonds is 6. The van der Waals surface area contributed by atoms with Gasteiger partial charge in [-0.25, -0.2) is 8.42 Å². The van der Waals surface area contributed by atoms with Crippen LogP contribution in [0.25, 0.3) is 0 Å². The van der Waals surface area contributed by atoms with Gasteiger partial charge in [0.05, 0.1) is 23.2 Å². The van der Waals surface area contributed by atoms with Gasteiger partial charge in [0.25, 0.3) is 0 Å². The predicted molar refractivity (Wildman–Crippen MR) is 77.9 cm³/mol. The van der Waals surface area contributed by atoms with E-state index < -0.39 is 14.6 Å². The van der Waals surface area contributed by atoms with Gasteiger partial charge in [-0.2, -0.15) is 5.10 Å². The summed E-state index contributed by atoms with van der Waals surface area (Å²) in [7, 11) is -1.18. The Morgan fingerprint density at radius 3 is 2.53 bits per heavy atom. The van der Waals surface area contributed by atoms with Crippen LogP contribution in [0.1, 0.15) is 45.7 Å². The molecular formula is C13H25N3O2S. The molecule has 0 radical (unpaired) electrons. The van der Waals surface area contributed by atoms with Gasteiger partial charge >= 0.3 is 0 Å². The highest BCUT2D eigenvalue weighted by molar-refractivity contribution is 7.92. The van der Waals surface area contributed by atoms with Crippen LogP contribution in [0.2, 0.25) is 0 Å². The lowest BCUT2D eigenvalue weighted by atomic mass is 10.1. The van der Waals surface area contributed by atoms with Crippen LogP contribution in [0.4, 0.5) is 0 Å². The second-order valence-electron chi connectivity index (χ2n) is 5.72. The second-order valence-corrected chi connectivity index (χ2v) is 8.58. The summed E-state index contributed by atoms with van der Waals surface area (Å²) in [6.07, 6.45) is 4.69. The van der Waals surface area contributed by atoms with Crippen molar-refractivity contribution in [3.05, 3.63) is 18.0 Å². The molecule has 0 saturated heterocycles. The van der Waals surface area contributed by atoms with Crippen molar-refractivity contribution in [1.29, 1.82) is 0 Å². The van der Waals surface area contributed by atoms with Gasteiger partial charge in [0.2, 0.25) is 0 Å². The lowest BCUT2D eigenvalue weighted by Gasteiger charge is -2.18. The first-order valence-corrected chi connectivity index (χ1v) is 8.28. The van der Waals surface area contributed by atoms with Gasteiger partial charge in [-0.15, -0.1) is 0 Å². The largest absolute Gasteiger partial charge is 0.313 e. The zero-order chi connectivity index (χ0) is 14.7. The Morgan fingerprint density at radius 1 is 1.42 bits per heavy atom. The number of nitrogens with one attached hydrogen (secondary N) is 1. The third-order valence-corrected chi connectivity index (χ3v) is 5.92. The third kappa shape index (κ3) is 4.04. The summed E-state index contributed by atoms with van der Waals surface area (Å²) in [6, 6.07) is 0.271. The smallest absolute Gasteiger partial charge is 0.157 e. The van der Waals surface area contributed by atoms with E-state index in [0.717, 1.165) is 12.0 Å². The average molecular weight is 287 g/mol. The molecule has 0 amide bonds. The fourth-order valence-corrected chi connectivity index (χ4v) is 2.85. The van der Waals surface area contributed by atoms with Gasteiger partial charge in [-0.3, -0.25) is 4.68 Å². The van der Waals surface area contributed by atoms with E-state index in [1.165, 1.54) is 0 Å². The van der Waals surface area contributed by atoms with E-state index in [-0.39, 0.29) is 11.8 Å². The van der Waals surface area contributed by atoms with Crippen molar-refractivity contribution in [2.75, 3.05) is 12.8 Å². The minimum Gasteiger partial charge on any atom is -0.313 e. The summed E-state index contributed by atoms with van der Waals surface area (Å²) in [4.78, 5) is 0. The molecule has 0 bridgehead atoms. The van der Waals surface area contributed by atoms with Crippen molar-refractivity contribution in [2.24, 2.45) is 0 Å². The van der Waals surface area contributed by atoms with Crippen LogP contribution < -0.4 is 5.32 Å². The number of aryl methyl sites for hydroxylation is 1. The molecule has 0 aromatic carbocycles. The summed E-state index contributed by atoms with van der Waals surface area (Å²) in [5.74, 6) is 0.119. The van der Waals surface area contributed by atoms with E-state index in [2.05, 4.69) is 17.3 Å². The van der Waals surface area contributed by atoms with E-state index in [9.17, 15) is 8.42 Å². The van der Waals surface area contributed by atoms with Gasteiger partial charge in [0.15, 0.2) is 9.84 Å². The highest BCUT2D eigenvalue weighted by Crippen LogP contribution is 2.17. The molecule has 6 heteroatoms. The zero-order valence-corrected chi connectivity index (χ0v) is 13.3. The molecule has 1 heterocycles. The molecule has 1 aromatic heterocycles. The van der Waals surface area contributed by atoms with Gasteiger partial charge in [-0.05, 0) is 34.2 Å². The van der Waals surface area contributed by atoms with Gasteiger partial charge in [0, 0.05) is 17.8 Å². The standard InChI is InChI=1S/C13H25N3O2S/c1-6-12(14-5)11-9-15-16(10-11)7-8-19(17,18)13(2,3)4/h9-10,12,14H,6-8H2,1-5H3. The summed E-state index contributed by atoms with van der Waals surface area (Å²) in [5.41, 5.74) is 1.10. The molecule has 0 aliphatic carbocycles. The lowest BCUT2D eigenvalue weighted by Crippen LogP contribution is -2.32. The predicted octanol–water partition coefficient (Wildman–Crippen LogP) is 1.77. The molecule has 19 heavy (non-hydrogen) atoms. The topological polar surface area (TPSA) is 64.0 Å².